The predicted octanol–water partition coefficient (Wildman–Crippen LogP) is 6.20. The molecule has 0 spiro atoms. The molecule has 0 amide bonds. The van der Waals surface area contributed by atoms with Crippen molar-refractivity contribution in [1.29, 1.82) is 0 Å². The third-order valence-electron chi connectivity index (χ3n) is 7.41. The highest BCUT2D eigenvalue weighted by Crippen LogP contribution is 2.60. The minimum absolute atomic E-state index is 0.405. The van der Waals surface area contributed by atoms with E-state index in [2.05, 4.69) is 0 Å². The van der Waals surface area contributed by atoms with Gasteiger partial charge in [0.15, 0.2) is 0 Å². The molecule has 0 aliphatic heterocycles. The molecule has 0 N–H and O–H groups in total. The van der Waals surface area contributed by atoms with Crippen molar-refractivity contribution in [3.8, 4) is 0 Å². The van der Waals surface area contributed by atoms with Gasteiger partial charge >= 0.3 is 0 Å². The van der Waals surface area contributed by atoms with Gasteiger partial charge in [-0.05, 0) is 80.5 Å². The zero-order valence-electron chi connectivity index (χ0n) is 12.5. The molecular formula is C18H28Cl2. The van der Waals surface area contributed by atoms with Crippen molar-refractivity contribution in [2.24, 2.45) is 35.5 Å². The minimum atomic E-state index is -0.405. The first-order valence-electron chi connectivity index (χ1n) is 9.04. The number of halogens is 2. The molecule has 2 heteroatoms. The maximum absolute atomic E-state index is 6.68. The Hall–Kier alpha value is 0.580. The molecule has 4 aliphatic carbocycles. The molecule has 114 valence electrons. The van der Waals surface area contributed by atoms with Crippen LogP contribution in [0.5, 0.6) is 0 Å². The summed E-state index contributed by atoms with van der Waals surface area (Å²) in [6.45, 7) is 0. The number of fused-ring (bicyclic) bond motifs is 5. The van der Waals surface area contributed by atoms with E-state index in [0.29, 0.717) is 5.92 Å². The lowest BCUT2D eigenvalue weighted by atomic mass is 9.51. The smallest absolute Gasteiger partial charge is 0.101 e. The van der Waals surface area contributed by atoms with Crippen molar-refractivity contribution in [3.05, 3.63) is 0 Å². The van der Waals surface area contributed by atoms with Crippen LogP contribution in [0.15, 0.2) is 0 Å². The summed E-state index contributed by atoms with van der Waals surface area (Å²) in [4.78, 5) is 0. The Labute approximate surface area is 134 Å². The molecule has 0 nitrogen and oxygen atoms in total. The summed E-state index contributed by atoms with van der Waals surface area (Å²) in [6.07, 6.45) is 15.5. The molecule has 6 unspecified atom stereocenters. The Bertz CT molecular complexity index is 364. The molecule has 0 aromatic carbocycles. The molecule has 0 aromatic heterocycles. The second-order valence-corrected chi connectivity index (χ2v) is 9.66. The van der Waals surface area contributed by atoms with E-state index in [9.17, 15) is 0 Å². The first-order valence-corrected chi connectivity index (χ1v) is 9.80. The lowest BCUT2D eigenvalue weighted by Gasteiger charge is -2.56. The summed E-state index contributed by atoms with van der Waals surface area (Å²) in [5.74, 6) is 5.57. The first kappa shape index (κ1) is 14.2. The maximum atomic E-state index is 6.68. The number of hydrogen-bond donors (Lipinski definition) is 0. The molecule has 0 radical (unpaired) electrons. The fourth-order valence-electron chi connectivity index (χ4n) is 6.64. The highest BCUT2D eigenvalue weighted by Gasteiger charge is 2.53. The van der Waals surface area contributed by atoms with Gasteiger partial charge in [0, 0.05) is 0 Å². The second kappa shape index (κ2) is 5.34. The van der Waals surface area contributed by atoms with E-state index in [-0.39, 0.29) is 0 Å². The quantitative estimate of drug-likeness (QED) is 0.467. The van der Waals surface area contributed by atoms with E-state index in [0.717, 1.165) is 36.0 Å². The number of rotatable bonds is 0. The molecule has 4 aliphatic rings. The van der Waals surface area contributed by atoms with Crippen molar-refractivity contribution >= 4 is 23.2 Å². The highest BCUT2D eigenvalue weighted by atomic mass is 35.5. The van der Waals surface area contributed by atoms with Gasteiger partial charge in [-0.3, -0.25) is 0 Å². The summed E-state index contributed by atoms with van der Waals surface area (Å²) in [5, 5.41) is 0. The van der Waals surface area contributed by atoms with E-state index >= 15 is 0 Å². The third-order valence-corrected chi connectivity index (χ3v) is 8.34. The van der Waals surface area contributed by atoms with Crippen LogP contribution in [0.1, 0.15) is 70.6 Å². The van der Waals surface area contributed by atoms with Crippen LogP contribution < -0.4 is 0 Å². The van der Waals surface area contributed by atoms with E-state index < -0.39 is 4.33 Å². The Morgan fingerprint density at radius 1 is 0.600 bits per heavy atom. The fraction of sp³-hybridized carbons (Fsp3) is 1.00. The summed E-state index contributed by atoms with van der Waals surface area (Å²) in [5.41, 5.74) is 0. The van der Waals surface area contributed by atoms with Crippen molar-refractivity contribution in [3.63, 3.8) is 0 Å². The molecule has 0 heterocycles. The first-order chi connectivity index (χ1) is 9.67. The number of hydrogen-bond acceptors (Lipinski definition) is 0. The Morgan fingerprint density at radius 3 is 2.20 bits per heavy atom. The molecule has 0 bridgehead atoms. The van der Waals surface area contributed by atoms with Gasteiger partial charge < -0.3 is 0 Å². The van der Waals surface area contributed by atoms with Crippen LogP contribution in [0.3, 0.4) is 0 Å². The average molecular weight is 315 g/mol. The molecule has 6 atom stereocenters. The molecule has 4 rings (SSSR count). The van der Waals surface area contributed by atoms with Crippen LogP contribution in [0.4, 0.5) is 0 Å². The fourth-order valence-corrected chi connectivity index (χ4v) is 7.45. The summed E-state index contributed by atoms with van der Waals surface area (Å²) < 4.78 is -0.405. The molecule has 4 fully saturated rings. The normalized spacial score (nSPS) is 50.7. The topological polar surface area (TPSA) is 0 Å². The van der Waals surface area contributed by atoms with Crippen LogP contribution in [0.2, 0.25) is 0 Å². The van der Waals surface area contributed by atoms with Crippen LogP contribution >= 0.6 is 23.2 Å². The van der Waals surface area contributed by atoms with Crippen LogP contribution in [0, 0.1) is 35.5 Å². The standard InChI is InChI=1S/C18H28Cl2/c19-18(20)11-3-6-16-15-8-7-12-4-1-2-5-13(12)14(15)9-10-17(16)18/h12-17H,1-11H2. The molecule has 20 heavy (non-hydrogen) atoms. The predicted molar refractivity (Wildman–Crippen MR) is 86.2 cm³/mol. The zero-order chi connectivity index (χ0) is 13.7. The largest absolute Gasteiger partial charge is 0.121 e. The second-order valence-electron chi connectivity index (χ2n) is 8.11. The average Bonchev–Trinajstić information content (AvgIpc) is 2.46. The maximum Gasteiger partial charge on any atom is 0.121 e. The van der Waals surface area contributed by atoms with Gasteiger partial charge in [0.05, 0.1) is 0 Å². The lowest BCUT2D eigenvalue weighted by Crippen LogP contribution is -2.50. The van der Waals surface area contributed by atoms with E-state index in [4.69, 9.17) is 23.2 Å². The van der Waals surface area contributed by atoms with Crippen molar-refractivity contribution in [2.75, 3.05) is 0 Å². The van der Waals surface area contributed by atoms with E-state index in [1.54, 1.807) is 0 Å². The molecular weight excluding hydrogens is 287 g/mol. The summed E-state index contributed by atoms with van der Waals surface area (Å²) in [6, 6.07) is 0. The SMILES string of the molecule is ClC1(Cl)CCCC2C3CCC4CCCCC4C3CCC21. The molecule has 0 aromatic rings. The highest BCUT2D eigenvalue weighted by molar-refractivity contribution is 6.48. The monoisotopic (exact) mass is 314 g/mol. The van der Waals surface area contributed by atoms with Gasteiger partial charge in [0.25, 0.3) is 0 Å². The van der Waals surface area contributed by atoms with Gasteiger partial charge in [-0.1, -0.05) is 25.7 Å². The van der Waals surface area contributed by atoms with Gasteiger partial charge in [0.1, 0.15) is 4.33 Å². The summed E-state index contributed by atoms with van der Waals surface area (Å²) in [7, 11) is 0. The van der Waals surface area contributed by atoms with Gasteiger partial charge in [-0.15, -0.1) is 23.2 Å². The van der Waals surface area contributed by atoms with E-state index in [1.165, 1.54) is 64.2 Å². The van der Waals surface area contributed by atoms with Gasteiger partial charge in [0.2, 0.25) is 0 Å². The van der Waals surface area contributed by atoms with Crippen molar-refractivity contribution < 1.29 is 0 Å². The molecule has 0 saturated heterocycles. The van der Waals surface area contributed by atoms with Crippen LogP contribution in [-0.2, 0) is 0 Å². The van der Waals surface area contributed by atoms with E-state index in [1.807, 2.05) is 0 Å². The third kappa shape index (κ3) is 2.24. The number of alkyl halides is 2. The Balaban J connectivity index is 1.56. The minimum Gasteiger partial charge on any atom is -0.101 e. The van der Waals surface area contributed by atoms with Gasteiger partial charge in [-0.2, -0.15) is 0 Å². The Kier molecular flexibility index (Phi) is 3.79. The van der Waals surface area contributed by atoms with Crippen LogP contribution in [0.25, 0.3) is 0 Å². The van der Waals surface area contributed by atoms with Gasteiger partial charge in [-0.25, -0.2) is 0 Å². The zero-order valence-corrected chi connectivity index (χ0v) is 14.0. The Morgan fingerprint density at radius 2 is 1.30 bits per heavy atom. The van der Waals surface area contributed by atoms with Crippen molar-refractivity contribution in [2.45, 2.75) is 75.0 Å². The van der Waals surface area contributed by atoms with Crippen molar-refractivity contribution in [1.82, 2.24) is 0 Å². The summed E-state index contributed by atoms with van der Waals surface area (Å²) >= 11 is 13.4. The van der Waals surface area contributed by atoms with Crippen LogP contribution in [-0.4, -0.2) is 4.33 Å². The molecule has 4 saturated carbocycles. The lowest BCUT2D eigenvalue weighted by molar-refractivity contribution is -0.0434.